The summed E-state index contributed by atoms with van der Waals surface area (Å²) in [7, 11) is 0. The minimum atomic E-state index is 0.104. The first-order valence-corrected chi connectivity index (χ1v) is 9.92. The van der Waals surface area contributed by atoms with E-state index in [1.165, 1.54) is 30.5 Å². The molecule has 5 rings (SSSR count). The number of imidazole rings is 1. The molecule has 1 aromatic rings. The Hall–Kier alpha value is -2.10. The molecule has 2 saturated carbocycles. The Balaban J connectivity index is 1.50. The SMILES string of the molecule is CC12CCC3C(CCC4=CC(=O)NCCC43C)C1=CC=C2n1ccnc1. The molecule has 0 spiro atoms. The third-order valence-corrected chi connectivity index (χ3v) is 7.77. The Morgan fingerprint density at radius 3 is 2.92 bits per heavy atom. The van der Waals surface area contributed by atoms with E-state index in [4.69, 9.17) is 0 Å². The van der Waals surface area contributed by atoms with E-state index in [2.05, 4.69) is 47.1 Å². The van der Waals surface area contributed by atoms with E-state index in [-0.39, 0.29) is 16.7 Å². The molecule has 4 heteroatoms. The lowest BCUT2D eigenvalue weighted by atomic mass is 9.50. The van der Waals surface area contributed by atoms with Crippen molar-refractivity contribution in [2.45, 2.75) is 46.0 Å². The molecule has 26 heavy (non-hydrogen) atoms. The fourth-order valence-corrected chi connectivity index (χ4v) is 6.32. The van der Waals surface area contributed by atoms with Crippen LogP contribution in [0.15, 0.2) is 48.1 Å². The minimum absolute atomic E-state index is 0.104. The smallest absolute Gasteiger partial charge is 0.243 e. The number of nitrogens with zero attached hydrogens (tertiary/aromatic N) is 2. The highest BCUT2D eigenvalue weighted by Gasteiger charge is 2.54. The standard InChI is InChI=1S/C22H27N3O/c1-21-9-10-24-20(26)13-15(21)3-4-16-17-5-6-19(25-12-11-23-14-25)22(17,2)8-7-18(16)21/h5-6,11-14,16,18H,3-4,7-10H2,1-2H3,(H,24,26). The highest BCUT2D eigenvalue weighted by Crippen LogP contribution is 2.63. The predicted octanol–water partition coefficient (Wildman–Crippen LogP) is 3.94. The summed E-state index contributed by atoms with van der Waals surface area (Å²) >= 11 is 0. The van der Waals surface area contributed by atoms with Crippen molar-refractivity contribution >= 4 is 11.6 Å². The number of amides is 1. The van der Waals surface area contributed by atoms with Gasteiger partial charge in [0.05, 0.1) is 6.33 Å². The van der Waals surface area contributed by atoms with Gasteiger partial charge in [0.25, 0.3) is 0 Å². The Morgan fingerprint density at radius 2 is 2.12 bits per heavy atom. The number of hydrogen-bond acceptors (Lipinski definition) is 2. The molecule has 3 aliphatic carbocycles. The van der Waals surface area contributed by atoms with Crippen molar-refractivity contribution in [1.82, 2.24) is 14.9 Å². The fourth-order valence-electron chi connectivity index (χ4n) is 6.32. The minimum Gasteiger partial charge on any atom is -0.353 e. The van der Waals surface area contributed by atoms with Crippen LogP contribution in [-0.2, 0) is 4.79 Å². The number of allylic oxidation sites excluding steroid dienone is 5. The molecule has 0 radical (unpaired) electrons. The molecule has 4 unspecified atom stereocenters. The number of hydrogen-bond donors (Lipinski definition) is 1. The van der Waals surface area contributed by atoms with E-state index in [0.29, 0.717) is 11.8 Å². The van der Waals surface area contributed by atoms with Gasteiger partial charge in [0.15, 0.2) is 0 Å². The summed E-state index contributed by atoms with van der Waals surface area (Å²) < 4.78 is 2.19. The van der Waals surface area contributed by atoms with Crippen molar-refractivity contribution in [3.63, 3.8) is 0 Å². The van der Waals surface area contributed by atoms with Crippen LogP contribution in [0.2, 0.25) is 0 Å². The van der Waals surface area contributed by atoms with Crippen LogP contribution in [0.4, 0.5) is 0 Å². The Kier molecular flexibility index (Phi) is 3.37. The summed E-state index contributed by atoms with van der Waals surface area (Å²) in [5.41, 5.74) is 4.65. The molecule has 2 fully saturated rings. The van der Waals surface area contributed by atoms with Crippen LogP contribution in [0.5, 0.6) is 0 Å². The van der Waals surface area contributed by atoms with Gasteiger partial charge < -0.3 is 9.88 Å². The monoisotopic (exact) mass is 349 g/mol. The molecule has 0 bridgehead atoms. The molecular weight excluding hydrogens is 322 g/mol. The topological polar surface area (TPSA) is 46.9 Å². The third kappa shape index (κ3) is 2.07. The van der Waals surface area contributed by atoms with Gasteiger partial charge in [-0.15, -0.1) is 0 Å². The maximum atomic E-state index is 12.0. The molecule has 4 aliphatic rings. The molecule has 136 valence electrons. The van der Waals surface area contributed by atoms with Crippen LogP contribution in [0.3, 0.4) is 0 Å². The maximum Gasteiger partial charge on any atom is 0.243 e. The van der Waals surface area contributed by atoms with Crippen molar-refractivity contribution in [3.05, 3.63) is 48.1 Å². The predicted molar refractivity (Wildman–Crippen MR) is 102 cm³/mol. The van der Waals surface area contributed by atoms with E-state index in [9.17, 15) is 4.79 Å². The largest absolute Gasteiger partial charge is 0.353 e. The number of carbonyl (C=O) groups excluding carboxylic acids is 1. The molecule has 4 nitrogen and oxygen atoms in total. The highest BCUT2D eigenvalue weighted by atomic mass is 16.1. The number of aromatic nitrogens is 2. The van der Waals surface area contributed by atoms with Gasteiger partial charge in [-0.25, -0.2) is 4.98 Å². The first kappa shape index (κ1) is 16.1. The summed E-state index contributed by atoms with van der Waals surface area (Å²) in [5.74, 6) is 1.37. The normalized spacial score (nSPS) is 38.8. The summed E-state index contributed by atoms with van der Waals surface area (Å²) in [5, 5.41) is 3.05. The van der Waals surface area contributed by atoms with E-state index >= 15 is 0 Å². The summed E-state index contributed by atoms with van der Waals surface area (Å²) in [4.78, 5) is 16.3. The van der Waals surface area contributed by atoms with Crippen LogP contribution in [-0.4, -0.2) is 22.0 Å². The Labute approximate surface area is 155 Å². The van der Waals surface area contributed by atoms with Gasteiger partial charge in [-0.3, -0.25) is 4.79 Å². The molecule has 1 aromatic heterocycles. The first-order chi connectivity index (χ1) is 12.5. The zero-order valence-electron chi connectivity index (χ0n) is 15.7. The summed E-state index contributed by atoms with van der Waals surface area (Å²) in [6.07, 6.45) is 18.2. The number of fused-ring (bicyclic) bond motifs is 5. The molecular formula is C22H27N3O. The molecule has 1 amide bonds. The molecule has 1 aliphatic heterocycles. The average Bonchev–Trinajstić information content (AvgIpc) is 3.20. The maximum absolute atomic E-state index is 12.0. The van der Waals surface area contributed by atoms with Crippen LogP contribution >= 0.6 is 0 Å². The van der Waals surface area contributed by atoms with Crippen molar-refractivity contribution in [2.75, 3.05) is 6.54 Å². The molecule has 2 heterocycles. The summed E-state index contributed by atoms with van der Waals surface area (Å²) in [6.45, 7) is 5.63. The van der Waals surface area contributed by atoms with Crippen LogP contribution in [0.25, 0.3) is 5.70 Å². The second-order valence-electron chi connectivity index (χ2n) is 8.89. The lowest BCUT2D eigenvalue weighted by molar-refractivity contribution is -0.116. The van der Waals surface area contributed by atoms with Gasteiger partial charge in [0.2, 0.25) is 5.91 Å². The van der Waals surface area contributed by atoms with Gasteiger partial charge in [0, 0.05) is 36.1 Å². The molecule has 1 N–H and O–H groups in total. The molecule has 0 saturated heterocycles. The lowest BCUT2D eigenvalue weighted by Gasteiger charge is -2.54. The second kappa shape index (κ2) is 5.45. The van der Waals surface area contributed by atoms with Crippen molar-refractivity contribution in [3.8, 4) is 0 Å². The first-order valence-electron chi connectivity index (χ1n) is 9.92. The van der Waals surface area contributed by atoms with Gasteiger partial charge in [-0.05, 0) is 55.4 Å². The number of rotatable bonds is 1. The zero-order valence-corrected chi connectivity index (χ0v) is 15.7. The Bertz CT molecular complexity index is 847. The summed E-state index contributed by atoms with van der Waals surface area (Å²) in [6, 6.07) is 0. The number of nitrogens with one attached hydrogen (secondary N) is 1. The van der Waals surface area contributed by atoms with Gasteiger partial charge >= 0.3 is 0 Å². The van der Waals surface area contributed by atoms with Crippen LogP contribution < -0.4 is 5.32 Å². The Morgan fingerprint density at radius 1 is 1.23 bits per heavy atom. The van der Waals surface area contributed by atoms with E-state index in [0.717, 1.165) is 19.4 Å². The van der Waals surface area contributed by atoms with Crippen LogP contribution in [0, 0.1) is 22.7 Å². The van der Waals surface area contributed by atoms with Crippen LogP contribution in [0.1, 0.15) is 46.0 Å². The third-order valence-electron chi connectivity index (χ3n) is 7.77. The van der Waals surface area contributed by atoms with Gasteiger partial charge in [0.1, 0.15) is 0 Å². The highest BCUT2D eigenvalue weighted by molar-refractivity contribution is 5.88. The molecule has 4 atom stereocenters. The lowest BCUT2D eigenvalue weighted by Crippen LogP contribution is -2.46. The van der Waals surface area contributed by atoms with Crippen molar-refractivity contribution in [1.29, 1.82) is 0 Å². The fraction of sp³-hybridized carbons (Fsp3) is 0.545. The van der Waals surface area contributed by atoms with Crippen molar-refractivity contribution in [2.24, 2.45) is 22.7 Å². The van der Waals surface area contributed by atoms with Crippen molar-refractivity contribution < 1.29 is 4.79 Å². The van der Waals surface area contributed by atoms with Gasteiger partial charge in [-0.1, -0.05) is 31.1 Å². The second-order valence-corrected chi connectivity index (χ2v) is 8.89. The molecule has 0 aromatic carbocycles. The van der Waals surface area contributed by atoms with Gasteiger partial charge in [-0.2, -0.15) is 0 Å². The van der Waals surface area contributed by atoms with E-state index in [1.807, 2.05) is 18.6 Å². The quantitative estimate of drug-likeness (QED) is 0.835. The zero-order chi connectivity index (χ0) is 17.9. The average molecular weight is 349 g/mol. The van der Waals surface area contributed by atoms with E-state index < -0.39 is 0 Å². The van der Waals surface area contributed by atoms with E-state index in [1.54, 1.807) is 5.57 Å². The number of carbonyl (C=O) groups is 1.